The van der Waals surface area contributed by atoms with Crippen molar-refractivity contribution in [2.45, 2.75) is 18.3 Å². The quantitative estimate of drug-likeness (QED) is 0.917. The highest BCUT2D eigenvalue weighted by Gasteiger charge is 2.44. The molecule has 21 heavy (non-hydrogen) atoms. The molecule has 0 unspecified atom stereocenters. The molecule has 0 aliphatic heterocycles. The van der Waals surface area contributed by atoms with E-state index in [4.69, 9.17) is 0 Å². The molecule has 0 saturated heterocycles. The van der Waals surface area contributed by atoms with Crippen molar-refractivity contribution in [3.8, 4) is 0 Å². The zero-order valence-corrected chi connectivity index (χ0v) is 11.4. The standard InChI is InChI=1S/C17H15F2NO/c18-13-6-7-14(15(19)10-13)16(21)20-11-17(8-9-17)12-4-2-1-3-5-12/h1-7,10H,8-9,11H2,(H,20,21). The SMILES string of the molecule is O=C(NCC1(c2ccccc2)CC1)c1ccc(F)cc1F. The van der Waals surface area contributed by atoms with Crippen molar-refractivity contribution in [1.82, 2.24) is 5.32 Å². The van der Waals surface area contributed by atoms with Gasteiger partial charge in [-0.15, -0.1) is 0 Å². The molecule has 2 nitrogen and oxygen atoms in total. The van der Waals surface area contributed by atoms with Crippen LogP contribution in [0.25, 0.3) is 0 Å². The maximum absolute atomic E-state index is 13.6. The third kappa shape index (κ3) is 2.79. The molecule has 0 atom stereocenters. The summed E-state index contributed by atoms with van der Waals surface area (Å²) >= 11 is 0. The Balaban J connectivity index is 1.69. The maximum atomic E-state index is 13.6. The molecule has 108 valence electrons. The Morgan fingerprint density at radius 1 is 1.10 bits per heavy atom. The van der Waals surface area contributed by atoms with Crippen LogP contribution in [0.1, 0.15) is 28.8 Å². The summed E-state index contributed by atoms with van der Waals surface area (Å²) in [5, 5.41) is 2.76. The Morgan fingerprint density at radius 2 is 1.81 bits per heavy atom. The molecule has 1 fully saturated rings. The molecular formula is C17H15F2NO. The largest absolute Gasteiger partial charge is 0.351 e. The molecule has 1 N–H and O–H groups in total. The van der Waals surface area contributed by atoms with E-state index in [1.165, 1.54) is 11.6 Å². The van der Waals surface area contributed by atoms with Gasteiger partial charge in [-0.3, -0.25) is 4.79 Å². The van der Waals surface area contributed by atoms with Gasteiger partial charge in [0.2, 0.25) is 0 Å². The van der Waals surface area contributed by atoms with E-state index in [2.05, 4.69) is 5.32 Å². The Bertz CT molecular complexity index is 666. The van der Waals surface area contributed by atoms with Crippen molar-refractivity contribution >= 4 is 5.91 Å². The van der Waals surface area contributed by atoms with E-state index >= 15 is 0 Å². The van der Waals surface area contributed by atoms with Gasteiger partial charge in [0.25, 0.3) is 5.91 Å². The van der Waals surface area contributed by atoms with E-state index in [0.29, 0.717) is 6.54 Å². The molecule has 2 aromatic rings. The lowest BCUT2D eigenvalue weighted by atomic mass is 9.96. The number of halogens is 2. The van der Waals surface area contributed by atoms with Gasteiger partial charge in [-0.1, -0.05) is 30.3 Å². The summed E-state index contributed by atoms with van der Waals surface area (Å²) in [7, 11) is 0. The number of nitrogens with one attached hydrogen (secondary N) is 1. The minimum atomic E-state index is -0.836. The Morgan fingerprint density at radius 3 is 2.43 bits per heavy atom. The predicted octanol–water partition coefficient (Wildman–Crippen LogP) is 3.43. The molecule has 4 heteroatoms. The fraction of sp³-hybridized carbons (Fsp3) is 0.235. The monoisotopic (exact) mass is 287 g/mol. The summed E-state index contributed by atoms with van der Waals surface area (Å²) in [6.45, 7) is 0.465. The molecule has 0 radical (unpaired) electrons. The van der Waals surface area contributed by atoms with Crippen LogP contribution in [0.15, 0.2) is 48.5 Å². The lowest BCUT2D eigenvalue weighted by molar-refractivity contribution is 0.0945. The van der Waals surface area contributed by atoms with Crippen molar-refractivity contribution in [3.05, 3.63) is 71.3 Å². The van der Waals surface area contributed by atoms with E-state index in [-0.39, 0.29) is 11.0 Å². The first kappa shape index (κ1) is 13.7. The normalized spacial score (nSPS) is 15.5. The summed E-state index contributed by atoms with van der Waals surface area (Å²) in [6, 6.07) is 12.9. The Hall–Kier alpha value is -2.23. The zero-order valence-electron chi connectivity index (χ0n) is 11.4. The average molecular weight is 287 g/mol. The minimum Gasteiger partial charge on any atom is -0.351 e. The summed E-state index contributed by atoms with van der Waals surface area (Å²) < 4.78 is 26.4. The van der Waals surface area contributed by atoms with Gasteiger partial charge >= 0.3 is 0 Å². The van der Waals surface area contributed by atoms with Gasteiger partial charge in [-0.05, 0) is 30.5 Å². The number of hydrogen-bond donors (Lipinski definition) is 1. The molecule has 3 rings (SSSR count). The summed E-state index contributed by atoms with van der Waals surface area (Å²) in [6.07, 6.45) is 2.01. The highest BCUT2D eigenvalue weighted by atomic mass is 19.1. The summed E-state index contributed by atoms with van der Waals surface area (Å²) in [5.74, 6) is -2.03. The van der Waals surface area contributed by atoms with Crippen LogP contribution >= 0.6 is 0 Å². The summed E-state index contributed by atoms with van der Waals surface area (Å²) in [4.78, 5) is 12.0. The van der Waals surface area contributed by atoms with E-state index in [1.54, 1.807) is 0 Å². The van der Waals surface area contributed by atoms with Crippen LogP contribution in [0.2, 0.25) is 0 Å². The molecule has 0 bridgehead atoms. The Kier molecular flexibility index (Phi) is 3.45. The molecule has 1 aliphatic rings. The van der Waals surface area contributed by atoms with Gasteiger partial charge < -0.3 is 5.32 Å². The highest BCUT2D eigenvalue weighted by Crippen LogP contribution is 2.47. The number of hydrogen-bond acceptors (Lipinski definition) is 1. The smallest absolute Gasteiger partial charge is 0.254 e. The third-order valence-electron chi connectivity index (χ3n) is 4.00. The molecule has 1 saturated carbocycles. The maximum Gasteiger partial charge on any atom is 0.254 e. The fourth-order valence-electron chi connectivity index (χ4n) is 2.53. The van der Waals surface area contributed by atoms with Crippen LogP contribution in [-0.2, 0) is 5.41 Å². The van der Waals surface area contributed by atoms with Gasteiger partial charge in [0.05, 0.1) is 5.56 Å². The second-order valence-electron chi connectivity index (χ2n) is 5.45. The lowest BCUT2D eigenvalue weighted by Gasteiger charge is -2.16. The van der Waals surface area contributed by atoms with Crippen LogP contribution in [0.4, 0.5) is 8.78 Å². The molecule has 0 aromatic heterocycles. The first-order valence-electron chi connectivity index (χ1n) is 6.90. The van der Waals surface area contributed by atoms with Gasteiger partial charge in [-0.2, -0.15) is 0 Å². The van der Waals surface area contributed by atoms with Crippen molar-refractivity contribution in [2.24, 2.45) is 0 Å². The minimum absolute atomic E-state index is 0.0343. The van der Waals surface area contributed by atoms with Crippen LogP contribution in [-0.4, -0.2) is 12.5 Å². The number of carbonyl (C=O) groups is 1. The number of carbonyl (C=O) groups excluding carboxylic acids is 1. The number of benzene rings is 2. The van der Waals surface area contributed by atoms with Gasteiger partial charge in [-0.25, -0.2) is 8.78 Å². The molecule has 2 aromatic carbocycles. The zero-order chi connectivity index (χ0) is 14.9. The molecule has 1 amide bonds. The van der Waals surface area contributed by atoms with Crippen molar-refractivity contribution in [1.29, 1.82) is 0 Å². The molecule has 1 aliphatic carbocycles. The Labute approximate surface area is 121 Å². The van der Waals surface area contributed by atoms with Crippen molar-refractivity contribution < 1.29 is 13.6 Å². The van der Waals surface area contributed by atoms with Gasteiger partial charge in [0, 0.05) is 18.0 Å². The topological polar surface area (TPSA) is 29.1 Å². The van der Waals surface area contributed by atoms with Crippen molar-refractivity contribution in [2.75, 3.05) is 6.54 Å². The van der Waals surface area contributed by atoms with E-state index in [0.717, 1.165) is 25.0 Å². The molecule has 0 spiro atoms. The molecule has 0 heterocycles. The second-order valence-corrected chi connectivity index (χ2v) is 5.45. The second kappa shape index (κ2) is 5.28. The van der Waals surface area contributed by atoms with Crippen LogP contribution < -0.4 is 5.32 Å². The van der Waals surface area contributed by atoms with Crippen LogP contribution in [0.5, 0.6) is 0 Å². The first-order valence-corrected chi connectivity index (χ1v) is 6.90. The lowest BCUT2D eigenvalue weighted by Crippen LogP contribution is -2.32. The first-order chi connectivity index (χ1) is 10.1. The number of amides is 1. The predicted molar refractivity (Wildman–Crippen MR) is 76.0 cm³/mol. The van der Waals surface area contributed by atoms with Crippen molar-refractivity contribution in [3.63, 3.8) is 0 Å². The van der Waals surface area contributed by atoms with Crippen LogP contribution in [0.3, 0.4) is 0 Å². The van der Waals surface area contributed by atoms with Crippen LogP contribution in [0, 0.1) is 11.6 Å². The van der Waals surface area contributed by atoms with E-state index in [1.807, 2.05) is 30.3 Å². The number of rotatable bonds is 4. The van der Waals surface area contributed by atoms with Gasteiger partial charge in [0.15, 0.2) is 0 Å². The fourth-order valence-corrected chi connectivity index (χ4v) is 2.53. The molecular weight excluding hydrogens is 272 g/mol. The average Bonchev–Trinajstić information content (AvgIpc) is 3.27. The highest BCUT2D eigenvalue weighted by molar-refractivity contribution is 5.94. The van der Waals surface area contributed by atoms with Gasteiger partial charge in [0.1, 0.15) is 11.6 Å². The summed E-state index contributed by atoms with van der Waals surface area (Å²) in [5.41, 5.74) is 1.03. The third-order valence-corrected chi connectivity index (χ3v) is 4.00. The van der Waals surface area contributed by atoms with E-state index < -0.39 is 17.5 Å². The van der Waals surface area contributed by atoms with E-state index in [9.17, 15) is 13.6 Å².